The minimum atomic E-state index is -0.620. The number of nitrogens with zero attached hydrogens (tertiary/aromatic N) is 2. The summed E-state index contributed by atoms with van der Waals surface area (Å²) in [5.74, 6) is -0.359. The fourth-order valence-electron chi connectivity index (χ4n) is 2.02. The fraction of sp³-hybridized carbons (Fsp3) is 0.200. The number of benzene rings is 2. The van der Waals surface area contributed by atoms with Crippen LogP contribution in [0, 0.1) is 11.5 Å². The summed E-state index contributed by atoms with van der Waals surface area (Å²) >= 11 is 0. The Morgan fingerprint density at radius 1 is 0.800 bits per heavy atom. The van der Waals surface area contributed by atoms with E-state index in [-0.39, 0.29) is 37.9 Å². The van der Waals surface area contributed by atoms with Crippen LogP contribution in [0.5, 0.6) is 17.2 Å². The third-order valence-corrected chi connectivity index (χ3v) is 3.27. The summed E-state index contributed by atoms with van der Waals surface area (Å²) in [5, 5.41) is 8.39. The van der Waals surface area contributed by atoms with Crippen LogP contribution < -0.4 is 14.2 Å². The van der Waals surface area contributed by atoms with Crippen LogP contribution in [-0.4, -0.2) is 44.4 Å². The molecule has 0 unspecified atom stereocenters. The maximum Gasteiger partial charge on any atom is 0.337 e. The SMILES string of the molecule is N#COc1ccc(OC(=O)COCCOCC(=O)Oc2ccc(N=C=O)cc2)cc1. The molecule has 0 bridgehead atoms. The Kier molecular flexibility index (Phi) is 9.23. The molecule has 0 aliphatic heterocycles. The van der Waals surface area contributed by atoms with E-state index in [1.54, 1.807) is 0 Å². The normalized spacial score (nSPS) is 9.70. The van der Waals surface area contributed by atoms with Crippen LogP contribution in [0.3, 0.4) is 0 Å². The van der Waals surface area contributed by atoms with Crippen LogP contribution in [0.4, 0.5) is 5.69 Å². The van der Waals surface area contributed by atoms with Crippen molar-refractivity contribution in [1.29, 1.82) is 5.26 Å². The highest BCUT2D eigenvalue weighted by molar-refractivity contribution is 5.74. The van der Waals surface area contributed by atoms with Gasteiger partial charge in [0.25, 0.3) is 6.26 Å². The second-order valence-electron chi connectivity index (χ2n) is 5.42. The zero-order valence-corrected chi connectivity index (χ0v) is 15.6. The van der Waals surface area contributed by atoms with E-state index in [9.17, 15) is 14.4 Å². The number of isocyanates is 1. The molecule has 0 radical (unpaired) electrons. The summed E-state index contributed by atoms with van der Waals surface area (Å²) in [4.78, 5) is 36.9. The van der Waals surface area contributed by atoms with E-state index in [2.05, 4.69) is 9.73 Å². The van der Waals surface area contributed by atoms with Gasteiger partial charge in [0, 0.05) is 0 Å². The summed E-state index contributed by atoms with van der Waals surface area (Å²) in [6.45, 7) is -0.482. The van der Waals surface area contributed by atoms with E-state index in [0.29, 0.717) is 11.4 Å². The Morgan fingerprint density at radius 2 is 1.27 bits per heavy atom. The highest BCUT2D eigenvalue weighted by Crippen LogP contribution is 2.18. The Balaban J connectivity index is 1.56. The van der Waals surface area contributed by atoms with Crippen molar-refractivity contribution in [2.75, 3.05) is 26.4 Å². The second-order valence-corrected chi connectivity index (χ2v) is 5.42. The quantitative estimate of drug-likeness (QED) is 0.136. The Hall–Kier alpha value is -4.03. The zero-order chi connectivity index (χ0) is 21.6. The number of nitriles is 1. The molecule has 0 N–H and O–H groups in total. The van der Waals surface area contributed by atoms with Crippen LogP contribution >= 0.6 is 0 Å². The molecule has 0 saturated heterocycles. The van der Waals surface area contributed by atoms with Crippen LogP contribution in [0.15, 0.2) is 53.5 Å². The van der Waals surface area contributed by atoms with Gasteiger partial charge in [-0.05, 0) is 48.5 Å². The summed E-state index contributed by atoms with van der Waals surface area (Å²) in [6, 6.07) is 11.9. The maximum absolute atomic E-state index is 11.7. The van der Waals surface area contributed by atoms with Gasteiger partial charge in [-0.25, -0.2) is 14.4 Å². The van der Waals surface area contributed by atoms with Gasteiger partial charge < -0.3 is 23.7 Å². The molecule has 2 aromatic rings. The van der Waals surface area contributed by atoms with Crippen molar-refractivity contribution in [2.45, 2.75) is 0 Å². The smallest absolute Gasteiger partial charge is 0.337 e. The maximum atomic E-state index is 11.7. The number of aliphatic imine (C=N–C) groups is 1. The molecule has 2 aromatic carbocycles. The van der Waals surface area contributed by atoms with E-state index in [1.165, 1.54) is 60.9 Å². The van der Waals surface area contributed by atoms with E-state index < -0.39 is 11.9 Å². The molecule has 0 saturated carbocycles. The predicted molar refractivity (Wildman–Crippen MR) is 99.8 cm³/mol. The van der Waals surface area contributed by atoms with E-state index in [1.807, 2.05) is 0 Å². The average Bonchev–Trinajstić information content (AvgIpc) is 2.74. The lowest BCUT2D eigenvalue weighted by atomic mass is 10.3. The van der Waals surface area contributed by atoms with Gasteiger partial charge in [-0.1, -0.05) is 0 Å². The topological polar surface area (TPSA) is 134 Å². The lowest BCUT2D eigenvalue weighted by Crippen LogP contribution is -2.20. The minimum absolute atomic E-state index is 0.0650. The predicted octanol–water partition coefficient (Wildman–Crippen LogP) is 2.06. The van der Waals surface area contributed by atoms with E-state index in [0.717, 1.165) is 0 Å². The van der Waals surface area contributed by atoms with Gasteiger partial charge in [-0.15, -0.1) is 5.26 Å². The Bertz CT molecular complexity index is 929. The molecular formula is C20H16N2O8. The first kappa shape index (κ1) is 22.3. The molecule has 30 heavy (non-hydrogen) atoms. The molecule has 0 heterocycles. The third-order valence-electron chi connectivity index (χ3n) is 3.27. The number of ether oxygens (including phenoxy) is 5. The number of esters is 2. The molecule has 0 fully saturated rings. The standard InChI is InChI=1S/C20H16N2O8/c21-13-28-16-5-7-18(8-6-16)30-20(25)12-27-10-9-26-11-19(24)29-17-3-1-15(2-4-17)22-14-23/h1-8H,9-12H2. The molecule has 0 atom stereocenters. The van der Waals surface area contributed by atoms with Gasteiger partial charge in [0.15, 0.2) is 0 Å². The van der Waals surface area contributed by atoms with Gasteiger partial charge in [0.05, 0.1) is 18.9 Å². The highest BCUT2D eigenvalue weighted by Gasteiger charge is 2.07. The van der Waals surface area contributed by atoms with Crippen molar-refractivity contribution >= 4 is 23.7 Å². The molecule has 154 valence electrons. The largest absolute Gasteiger partial charge is 0.425 e. The van der Waals surface area contributed by atoms with Crippen molar-refractivity contribution in [2.24, 2.45) is 4.99 Å². The van der Waals surface area contributed by atoms with Gasteiger partial charge in [0.2, 0.25) is 6.08 Å². The van der Waals surface area contributed by atoms with Crippen molar-refractivity contribution in [3.8, 4) is 23.5 Å². The van der Waals surface area contributed by atoms with Gasteiger partial charge >= 0.3 is 11.9 Å². The number of hydrogen-bond acceptors (Lipinski definition) is 10. The second kappa shape index (κ2) is 12.4. The van der Waals surface area contributed by atoms with E-state index >= 15 is 0 Å². The number of carbonyl (C=O) groups excluding carboxylic acids is 3. The number of hydrogen-bond donors (Lipinski definition) is 0. The first-order valence-electron chi connectivity index (χ1n) is 8.51. The summed E-state index contributed by atoms with van der Waals surface area (Å²) < 4.78 is 24.9. The van der Waals surface area contributed by atoms with Gasteiger partial charge in [-0.3, -0.25) is 0 Å². The average molecular weight is 412 g/mol. The van der Waals surface area contributed by atoms with Crippen LogP contribution in [0.2, 0.25) is 0 Å². The van der Waals surface area contributed by atoms with Crippen LogP contribution in [0.1, 0.15) is 0 Å². The van der Waals surface area contributed by atoms with Crippen molar-refractivity contribution in [1.82, 2.24) is 0 Å². The summed E-state index contributed by atoms with van der Waals surface area (Å²) in [7, 11) is 0. The molecule has 10 heteroatoms. The molecule has 2 rings (SSSR count). The summed E-state index contributed by atoms with van der Waals surface area (Å²) in [6.07, 6.45) is 2.94. The van der Waals surface area contributed by atoms with Crippen molar-refractivity contribution in [3.05, 3.63) is 48.5 Å². The first-order valence-corrected chi connectivity index (χ1v) is 8.51. The molecule has 0 aromatic heterocycles. The zero-order valence-electron chi connectivity index (χ0n) is 15.6. The molecule has 0 amide bonds. The minimum Gasteiger partial charge on any atom is -0.425 e. The highest BCUT2D eigenvalue weighted by atomic mass is 16.6. The van der Waals surface area contributed by atoms with Gasteiger partial charge in [0.1, 0.15) is 30.5 Å². The molecule has 0 aliphatic carbocycles. The Morgan fingerprint density at radius 3 is 1.73 bits per heavy atom. The van der Waals surface area contributed by atoms with Crippen LogP contribution in [-0.2, 0) is 23.9 Å². The monoisotopic (exact) mass is 412 g/mol. The number of rotatable bonds is 11. The van der Waals surface area contributed by atoms with Crippen molar-refractivity contribution < 1.29 is 38.1 Å². The summed E-state index contributed by atoms with van der Waals surface area (Å²) in [5.41, 5.74) is 0.391. The van der Waals surface area contributed by atoms with E-state index in [4.69, 9.17) is 24.2 Å². The number of carbonyl (C=O) groups is 2. The lowest BCUT2D eigenvalue weighted by Gasteiger charge is -2.07. The molecule has 10 nitrogen and oxygen atoms in total. The van der Waals surface area contributed by atoms with Crippen molar-refractivity contribution in [3.63, 3.8) is 0 Å². The third kappa shape index (κ3) is 8.33. The molecule has 0 aliphatic rings. The lowest BCUT2D eigenvalue weighted by molar-refractivity contribution is -0.143. The molecule has 0 spiro atoms. The Labute approximate surface area is 171 Å². The fourth-order valence-corrected chi connectivity index (χ4v) is 2.02. The first-order chi connectivity index (χ1) is 14.6. The van der Waals surface area contributed by atoms with Crippen LogP contribution in [0.25, 0.3) is 0 Å². The molecular weight excluding hydrogens is 396 g/mol. The van der Waals surface area contributed by atoms with Gasteiger partial charge in [-0.2, -0.15) is 4.99 Å².